The minimum Gasteiger partial charge on any atom is -0.374 e. The van der Waals surface area contributed by atoms with Gasteiger partial charge in [0, 0.05) is 16.4 Å². The van der Waals surface area contributed by atoms with Crippen LogP contribution in [0.25, 0.3) is 10.2 Å². The molecule has 6 heteroatoms. The molecule has 3 rings (SSSR count). The van der Waals surface area contributed by atoms with Gasteiger partial charge in [-0.05, 0) is 56.3 Å². The molecule has 1 amide bonds. The molecule has 1 aromatic heterocycles. The van der Waals surface area contributed by atoms with E-state index in [4.69, 9.17) is 11.6 Å². The highest BCUT2D eigenvalue weighted by Gasteiger charge is 2.13. The molecule has 1 atom stereocenters. The average molecular weight is 346 g/mol. The lowest BCUT2D eigenvalue weighted by Crippen LogP contribution is -2.31. The van der Waals surface area contributed by atoms with Crippen LogP contribution in [0.15, 0.2) is 42.5 Å². The van der Waals surface area contributed by atoms with Crippen molar-refractivity contribution in [2.45, 2.75) is 19.9 Å². The van der Waals surface area contributed by atoms with Gasteiger partial charge in [0.05, 0.1) is 15.2 Å². The molecule has 0 radical (unpaired) electrons. The summed E-state index contributed by atoms with van der Waals surface area (Å²) in [4.78, 5) is 16.7. The third kappa shape index (κ3) is 3.81. The number of nitrogens with one attached hydrogen (secondary N) is 2. The van der Waals surface area contributed by atoms with Crippen LogP contribution in [0.2, 0.25) is 5.02 Å². The monoisotopic (exact) mass is 345 g/mol. The fourth-order valence-corrected chi connectivity index (χ4v) is 3.22. The van der Waals surface area contributed by atoms with E-state index in [2.05, 4.69) is 15.6 Å². The number of amides is 1. The molecule has 0 bridgehead atoms. The molecule has 0 fully saturated rings. The maximum atomic E-state index is 12.3. The smallest absolute Gasteiger partial charge is 0.246 e. The zero-order chi connectivity index (χ0) is 16.4. The Morgan fingerprint density at radius 2 is 1.87 bits per heavy atom. The fourth-order valence-electron chi connectivity index (χ4n) is 2.23. The summed E-state index contributed by atoms with van der Waals surface area (Å²) in [5, 5.41) is 7.75. The number of anilines is 2. The van der Waals surface area contributed by atoms with Crippen molar-refractivity contribution in [2.75, 3.05) is 10.6 Å². The van der Waals surface area contributed by atoms with Crippen LogP contribution in [0, 0.1) is 6.92 Å². The number of rotatable bonds is 4. The van der Waals surface area contributed by atoms with E-state index in [9.17, 15) is 4.79 Å². The van der Waals surface area contributed by atoms with Crippen LogP contribution >= 0.6 is 22.9 Å². The molecular formula is C17H16ClN3OS. The van der Waals surface area contributed by atoms with Crippen LogP contribution < -0.4 is 10.6 Å². The third-order valence-electron chi connectivity index (χ3n) is 3.38. The van der Waals surface area contributed by atoms with Gasteiger partial charge in [0.2, 0.25) is 5.91 Å². The Morgan fingerprint density at radius 3 is 2.61 bits per heavy atom. The number of halogens is 1. The fraction of sp³-hybridized carbons (Fsp3) is 0.176. The van der Waals surface area contributed by atoms with E-state index in [1.54, 1.807) is 35.6 Å². The predicted octanol–water partition coefficient (Wildman–Crippen LogP) is 4.70. The van der Waals surface area contributed by atoms with E-state index >= 15 is 0 Å². The first-order chi connectivity index (χ1) is 11.0. The Morgan fingerprint density at radius 1 is 1.17 bits per heavy atom. The minimum absolute atomic E-state index is 0.104. The molecule has 1 heterocycles. The number of carbonyl (C=O) groups is 1. The molecule has 2 aromatic carbocycles. The van der Waals surface area contributed by atoms with Crippen molar-refractivity contribution in [3.8, 4) is 0 Å². The third-order valence-corrected chi connectivity index (χ3v) is 4.57. The van der Waals surface area contributed by atoms with E-state index in [1.807, 2.05) is 32.0 Å². The van der Waals surface area contributed by atoms with Gasteiger partial charge >= 0.3 is 0 Å². The number of benzene rings is 2. The Labute approximate surface area is 143 Å². The van der Waals surface area contributed by atoms with Gasteiger partial charge in [-0.25, -0.2) is 4.98 Å². The Bertz CT molecular complexity index is 845. The van der Waals surface area contributed by atoms with Crippen molar-refractivity contribution in [3.05, 3.63) is 52.5 Å². The first kappa shape index (κ1) is 15.8. The number of fused-ring (bicyclic) bond motifs is 1. The van der Waals surface area contributed by atoms with Gasteiger partial charge < -0.3 is 10.6 Å². The molecule has 0 spiro atoms. The second-order valence-corrected chi connectivity index (χ2v) is 6.95. The van der Waals surface area contributed by atoms with Crippen LogP contribution in [0.1, 0.15) is 11.9 Å². The van der Waals surface area contributed by atoms with Gasteiger partial charge in [-0.2, -0.15) is 0 Å². The van der Waals surface area contributed by atoms with Gasteiger partial charge in [-0.1, -0.05) is 11.6 Å². The quantitative estimate of drug-likeness (QED) is 0.720. The molecule has 0 unspecified atom stereocenters. The molecule has 23 heavy (non-hydrogen) atoms. The predicted molar refractivity (Wildman–Crippen MR) is 97.5 cm³/mol. The highest BCUT2D eigenvalue weighted by Crippen LogP contribution is 2.25. The summed E-state index contributed by atoms with van der Waals surface area (Å²) < 4.78 is 1.11. The van der Waals surface area contributed by atoms with Crippen LogP contribution in [-0.2, 0) is 4.79 Å². The normalized spacial score (nSPS) is 12.1. The zero-order valence-corrected chi connectivity index (χ0v) is 14.3. The summed E-state index contributed by atoms with van der Waals surface area (Å²) in [6.45, 7) is 3.81. The molecule has 0 aliphatic heterocycles. The lowest BCUT2D eigenvalue weighted by molar-refractivity contribution is -0.116. The van der Waals surface area contributed by atoms with E-state index in [0.717, 1.165) is 26.6 Å². The van der Waals surface area contributed by atoms with Gasteiger partial charge in [0.1, 0.15) is 6.04 Å². The zero-order valence-electron chi connectivity index (χ0n) is 12.8. The highest BCUT2D eigenvalue weighted by molar-refractivity contribution is 7.18. The summed E-state index contributed by atoms with van der Waals surface area (Å²) in [6, 6.07) is 12.6. The molecule has 3 aromatic rings. The number of hydrogen-bond acceptors (Lipinski definition) is 4. The first-order valence-electron chi connectivity index (χ1n) is 7.21. The summed E-state index contributed by atoms with van der Waals surface area (Å²) in [6.07, 6.45) is 0. The lowest BCUT2D eigenvalue weighted by Gasteiger charge is -2.15. The van der Waals surface area contributed by atoms with Gasteiger partial charge in [-0.15, -0.1) is 11.3 Å². The first-order valence-corrected chi connectivity index (χ1v) is 8.41. The van der Waals surface area contributed by atoms with Crippen molar-refractivity contribution in [2.24, 2.45) is 0 Å². The SMILES string of the molecule is Cc1nc2ccc(N[C@@H](C)C(=O)Nc3ccc(Cl)cc3)cc2s1. The Kier molecular flexibility index (Phi) is 4.50. The van der Waals surface area contributed by atoms with E-state index in [-0.39, 0.29) is 11.9 Å². The van der Waals surface area contributed by atoms with Crippen molar-refractivity contribution in [1.82, 2.24) is 4.98 Å². The molecule has 0 aliphatic carbocycles. The lowest BCUT2D eigenvalue weighted by atomic mass is 10.2. The van der Waals surface area contributed by atoms with Crippen molar-refractivity contribution in [3.63, 3.8) is 0 Å². The molecule has 118 valence electrons. The van der Waals surface area contributed by atoms with Crippen LogP contribution in [-0.4, -0.2) is 16.9 Å². The average Bonchev–Trinajstić information content (AvgIpc) is 2.88. The largest absolute Gasteiger partial charge is 0.374 e. The van der Waals surface area contributed by atoms with E-state index in [0.29, 0.717) is 5.02 Å². The van der Waals surface area contributed by atoms with E-state index in [1.165, 1.54) is 0 Å². The topological polar surface area (TPSA) is 54.0 Å². The number of carbonyl (C=O) groups excluding carboxylic acids is 1. The molecular weight excluding hydrogens is 330 g/mol. The number of aryl methyl sites for hydroxylation is 1. The van der Waals surface area contributed by atoms with Crippen molar-refractivity contribution < 1.29 is 4.79 Å². The maximum absolute atomic E-state index is 12.3. The summed E-state index contributed by atoms with van der Waals surface area (Å²) in [7, 11) is 0. The number of nitrogens with zero attached hydrogens (tertiary/aromatic N) is 1. The summed E-state index contributed by atoms with van der Waals surface area (Å²) >= 11 is 7.48. The number of hydrogen-bond donors (Lipinski definition) is 2. The van der Waals surface area contributed by atoms with Crippen LogP contribution in [0.3, 0.4) is 0 Å². The number of aromatic nitrogens is 1. The second kappa shape index (κ2) is 6.56. The van der Waals surface area contributed by atoms with Crippen molar-refractivity contribution in [1.29, 1.82) is 0 Å². The van der Waals surface area contributed by atoms with Crippen LogP contribution in [0.4, 0.5) is 11.4 Å². The Hall–Kier alpha value is -2.11. The molecule has 0 saturated heterocycles. The molecule has 0 saturated carbocycles. The van der Waals surface area contributed by atoms with Crippen LogP contribution in [0.5, 0.6) is 0 Å². The summed E-state index contributed by atoms with van der Waals surface area (Å²) in [5.41, 5.74) is 2.61. The minimum atomic E-state index is -0.364. The Balaban J connectivity index is 1.67. The summed E-state index contributed by atoms with van der Waals surface area (Å²) in [5.74, 6) is -0.104. The number of thiazole rings is 1. The molecule has 4 nitrogen and oxygen atoms in total. The van der Waals surface area contributed by atoms with Gasteiger partial charge in [0.15, 0.2) is 0 Å². The molecule has 2 N–H and O–H groups in total. The maximum Gasteiger partial charge on any atom is 0.246 e. The van der Waals surface area contributed by atoms with Gasteiger partial charge in [0.25, 0.3) is 0 Å². The van der Waals surface area contributed by atoms with E-state index < -0.39 is 0 Å². The highest BCUT2D eigenvalue weighted by atomic mass is 35.5. The van der Waals surface area contributed by atoms with Crippen molar-refractivity contribution >= 4 is 50.4 Å². The second-order valence-electron chi connectivity index (χ2n) is 5.28. The molecule has 0 aliphatic rings. The van der Waals surface area contributed by atoms with Gasteiger partial charge in [-0.3, -0.25) is 4.79 Å². The standard InChI is InChI=1S/C17H16ClN3OS/c1-10(17(22)21-13-5-3-12(18)4-6-13)19-14-7-8-15-16(9-14)23-11(2)20-15/h3-10,19H,1-2H3,(H,21,22)/t10-/m0/s1.